The smallest absolute Gasteiger partial charge is 0.319 e. The molecule has 188 valence electrons. The number of nitrogens with one attached hydrogen (secondary N) is 1. The molecule has 1 amide bonds. The molecule has 2 heterocycles. The maximum atomic E-state index is 13.9. The number of benzene rings is 2. The van der Waals surface area contributed by atoms with Crippen molar-refractivity contribution in [1.29, 1.82) is 0 Å². The second-order valence-electron chi connectivity index (χ2n) is 8.01. The Morgan fingerprint density at radius 2 is 1.67 bits per heavy atom. The summed E-state index contributed by atoms with van der Waals surface area (Å²) in [6.45, 7) is 2.99. The summed E-state index contributed by atoms with van der Waals surface area (Å²) in [5, 5.41) is 5.91. The zero-order chi connectivity index (χ0) is 26.4. The Balaban J connectivity index is 1.84. The topological polar surface area (TPSA) is 59.8 Å². The number of hydrogen-bond donors (Lipinski definition) is 1. The molecule has 0 spiro atoms. The Labute approximate surface area is 209 Å². The van der Waals surface area contributed by atoms with Gasteiger partial charge in [0.25, 0.3) is 5.91 Å². The lowest BCUT2D eigenvalue weighted by molar-refractivity contribution is -0.141. The van der Waals surface area contributed by atoms with Crippen LogP contribution in [0.1, 0.15) is 46.0 Å². The van der Waals surface area contributed by atoms with Crippen molar-refractivity contribution in [3.63, 3.8) is 0 Å². The lowest BCUT2D eigenvalue weighted by atomic mass is 10.1. The molecule has 2 aromatic heterocycles. The van der Waals surface area contributed by atoms with Crippen LogP contribution < -0.4 is 5.32 Å². The van der Waals surface area contributed by atoms with E-state index in [9.17, 15) is 31.1 Å². The highest BCUT2D eigenvalue weighted by Gasteiger charge is 2.40. The predicted molar refractivity (Wildman–Crippen MR) is 125 cm³/mol. The van der Waals surface area contributed by atoms with Gasteiger partial charge in [-0.2, -0.15) is 31.4 Å². The van der Waals surface area contributed by atoms with E-state index in [4.69, 9.17) is 0 Å². The van der Waals surface area contributed by atoms with E-state index in [1.807, 2.05) is 0 Å². The third kappa shape index (κ3) is 4.95. The van der Waals surface area contributed by atoms with Crippen molar-refractivity contribution in [3.05, 3.63) is 87.3 Å². The van der Waals surface area contributed by atoms with Crippen LogP contribution in [0.3, 0.4) is 0 Å². The molecule has 12 heteroatoms. The van der Waals surface area contributed by atoms with E-state index < -0.39 is 46.9 Å². The molecule has 0 aliphatic heterocycles. The number of carbonyl (C=O) groups excluding carboxylic acids is 1. The van der Waals surface area contributed by atoms with Gasteiger partial charge >= 0.3 is 12.4 Å². The molecule has 1 atom stereocenters. The maximum Gasteiger partial charge on any atom is 0.437 e. The quantitative estimate of drug-likeness (QED) is 0.260. The second kappa shape index (κ2) is 9.23. The summed E-state index contributed by atoms with van der Waals surface area (Å²) in [5.74, 6) is -1.16. The Morgan fingerprint density at radius 3 is 2.28 bits per heavy atom. The molecule has 0 aliphatic carbocycles. The number of anilines is 1. The van der Waals surface area contributed by atoms with E-state index in [0.717, 1.165) is 4.68 Å². The number of carbonyl (C=O) groups is 1. The van der Waals surface area contributed by atoms with Crippen molar-refractivity contribution in [1.82, 2.24) is 14.8 Å². The fraction of sp³-hybridized carbons (Fsp3) is 0.208. The van der Waals surface area contributed by atoms with Crippen LogP contribution in [0.5, 0.6) is 0 Å². The van der Waals surface area contributed by atoms with Gasteiger partial charge in [-0.1, -0.05) is 46.3 Å². The number of alkyl halides is 6. The summed E-state index contributed by atoms with van der Waals surface area (Å²) in [6.07, 6.45) is -9.81. The lowest BCUT2D eigenvalue weighted by Gasteiger charge is -2.15. The van der Waals surface area contributed by atoms with Crippen molar-refractivity contribution >= 4 is 38.4 Å². The van der Waals surface area contributed by atoms with Crippen LogP contribution in [0.15, 0.2) is 59.1 Å². The van der Waals surface area contributed by atoms with Gasteiger partial charge in [-0.05, 0) is 43.7 Å². The van der Waals surface area contributed by atoms with Gasteiger partial charge in [0.2, 0.25) is 0 Å². The standard InChI is InChI=1S/C24H17BrF6N4O/c1-12(14-6-4-3-5-7-14)35-13(2)20(21(34-35)24(29,30)31)33-22(36)17-11-19(23(26,27)28)32-18-9-8-15(25)10-16(17)18/h3-12H,1-2H3,(H,33,36). The highest BCUT2D eigenvalue weighted by Crippen LogP contribution is 2.38. The minimum atomic E-state index is -4.94. The first-order valence-corrected chi connectivity index (χ1v) is 11.3. The number of aromatic nitrogens is 3. The Kier molecular flexibility index (Phi) is 6.58. The van der Waals surface area contributed by atoms with E-state index in [1.165, 1.54) is 25.1 Å². The molecule has 2 aromatic carbocycles. The normalized spacial score (nSPS) is 13.1. The molecule has 5 nitrogen and oxygen atoms in total. The van der Waals surface area contributed by atoms with Crippen molar-refractivity contribution in [2.24, 2.45) is 0 Å². The zero-order valence-corrected chi connectivity index (χ0v) is 20.3. The van der Waals surface area contributed by atoms with Crippen molar-refractivity contribution in [2.75, 3.05) is 5.32 Å². The third-order valence-corrected chi connectivity index (χ3v) is 6.10. The van der Waals surface area contributed by atoms with Gasteiger partial charge in [-0.25, -0.2) is 4.98 Å². The third-order valence-electron chi connectivity index (χ3n) is 5.61. The first-order valence-electron chi connectivity index (χ1n) is 10.5. The molecule has 1 unspecified atom stereocenters. The van der Waals surface area contributed by atoms with Gasteiger partial charge < -0.3 is 5.32 Å². The molecular formula is C24H17BrF6N4O. The maximum absolute atomic E-state index is 13.9. The number of hydrogen-bond acceptors (Lipinski definition) is 3. The highest BCUT2D eigenvalue weighted by atomic mass is 79.9. The zero-order valence-electron chi connectivity index (χ0n) is 18.7. The van der Waals surface area contributed by atoms with Crippen molar-refractivity contribution in [2.45, 2.75) is 32.2 Å². The van der Waals surface area contributed by atoms with Gasteiger partial charge in [0.1, 0.15) is 5.69 Å². The summed E-state index contributed by atoms with van der Waals surface area (Å²) in [7, 11) is 0. The minimum absolute atomic E-state index is 0.0115. The van der Waals surface area contributed by atoms with E-state index in [2.05, 4.69) is 31.3 Å². The summed E-state index contributed by atoms with van der Waals surface area (Å²) < 4.78 is 83.6. The average molecular weight is 571 g/mol. The second-order valence-corrected chi connectivity index (χ2v) is 8.92. The predicted octanol–water partition coefficient (Wildman–Crippen LogP) is 7.40. The van der Waals surface area contributed by atoms with Crippen LogP contribution in [-0.4, -0.2) is 20.7 Å². The van der Waals surface area contributed by atoms with Gasteiger partial charge in [-0.15, -0.1) is 0 Å². The first kappa shape index (κ1) is 25.7. The molecule has 4 rings (SSSR count). The van der Waals surface area contributed by atoms with Crippen LogP contribution >= 0.6 is 15.9 Å². The number of halogens is 7. The molecule has 0 fully saturated rings. The van der Waals surface area contributed by atoms with Crippen LogP contribution in [0.4, 0.5) is 32.0 Å². The molecule has 36 heavy (non-hydrogen) atoms. The van der Waals surface area contributed by atoms with E-state index in [1.54, 1.807) is 37.3 Å². The van der Waals surface area contributed by atoms with Crippen LogP contribution in [-0.2, 0) is 12.4 Å². The number of nitrogens with zero attached hydrogens (tertiary/aromatic N) is 3. The molecule has 0 bridgehead atoms. The number of pyridine rings is 1. The van der Waals surface area contributed by atoms with Crippen molar-refractivity contribution < 1.29 is 31.1 Å². The fourth-order valence-electron chi connectivity index (χ4n) is 3.83. The summed E-state index contributed by atoms with van der Waals surface area (Å²) in [4.78, 5) is 16.7. The minimum Gasteiger partial charge on any atom is -0.319 e. The van der Waals surface area contributed by atoms with Gasteiger partial charge in [0.05, 0.1) is 28.5 Å². The molecule has 0 saturated carbocycles. The van der Waals surface area contributed by atoms with Gasteiger partial charge in [0, 0.05) is 9.86 Å². The molecule has 1 N–H and O–H groups in total. The molecule has 0 saturated heterocycles. The highest BCUT2D eigenvalue weighted by molar-refractivity contribution is 9.10. The SMILES string of the molecule is Cc1c(NC(=O)c2cc(C(F)(F)F)nc3ccc(Br)cc23)c(C(F)(F)F)nn1C(C)c1ccccc1. The van der Waals surface area contributed by atoms with E-state index in [-0.39, 0.29) is 16.6 Å². The Morgan fingerprint density at radius 1 is 1.00 bits per heavy atom. The van der Waals surface area contributed by atoms with Gasteiger partial charge in [-0.3, -0.25) is 9.48 Å². The van der Waals surface area contributed by atoms with Crippen LogP contribution in [0, 0.1) is 6.92 Å². The molecular weight excluding hydrogens is 554 g/mol. The number of amides is 1. The Bertz CT molecular complexity index is 1450. The summed E-state index contributed by atoms with van der Waals surface area (Å²) in [5.41, 5.74) is -3.29. The van der Waals surface area contributed by atoms with Crippen LogP contribution in [0.25, 0.3) is 10.9 Å². The monoisotopic (exact) mass is 570 g/mol. The lowest BCUT2D eigenvalue weighted by Crippen LogP contribution is -2.18. The summed E-state index contributed by atoms with van der Waals surface area (Å²) >= 11 is 3.19. The largest absolute Gasteiger partial charge is 0.437 e. The molecule has 0 radical (unpaired) electrons. The van der Waals surface area contributed by atoms with Gasteiger partial charge in [0.15, 0.2) is 5.69 Å². The summed E-state index contributed by atoms with van der Waals surface area (Å²) in [6, 6.07) is 12.6. The Hall–Kier alpha value is -3.41. The fourth-order valence-corrected chi connectivity index (χ4v) is 4.19. The van der Waals surface area contributed by atoms with Crippen molar-refractivity contribution in [3.8, 4) is 0 Å². The van der Waals surface area contributed by atoms with E-state index in [0.29, 0.717) is 16.1 Å². The molecule has 4 aromatic rings. The number of fused-ring (bicyclic) bond motifs is 1. The number of rotatable bonds is 4. The molecule has 0 aliphatic rings. The first-order chi connectivity index (χ1) is 16.8. The van der Waals surface area contributed by atoms with E-state index >= 15 is 0 Å². The van der Waals surface area contributed by atoms with Crippen LogP contribution in [0.2, 0.25) is 0 Å². The average Bonchev–Trinajstić information content (AvgIpc) is 3.14.